The van der Waals surface area contributed by atoms with E-state index in [2.05, 4.69) is 99.0 Å². The van der Waals surface area contributed by atoms with E-state index in [1.165, 1.54) is 167 Å². The number of phosphoric acid groups is 1. The Morgan fingerprint density at radius 2 is 0.753 bits per heavy atom. The number of unbranched alkanes of at least 4 members (excludes halogenated alkanes) is 33. The lowest BCUT2D eigenvalue weighted by molar-refractivity contribution is -0.870. The standard InChI is InChI=1S/C71H129N2O7P/c1-7-10-13-16-19-22-25-27-29-31-33-35-36-38-40-42-44-46-49-52-55-58-61-64-71(75)80-69(62-59-56-53-50-47-24-21-18-15-12-9-3)68(67-79-81(76,77)78-66-65-73(4,5)6)72-70(74)63-60-57-54-51-48-45-43-41-39-37-34-32-30-28-26-23-20-17-14-11-8-2/h19-20,22-23,27-30,34,37,41,43,59,62,68-69H,7-18,21,24-26,31-33,35-36,38-40,42,44-58,60-61,63-67H2,1-6H3,(H-,72,74,76,77)/b22-19-,23-20-,29-27-,30-28-,37-34-,43-41-,62-59+. The average molecular weight is 1150 g/mol. The maximum absolute atomic E-state index is 13.6. The Kier molecular flexibility index (Phi) is 58.2. The van der Waals surface area contributed by atoms with Crippen molar-refractivity contribution < 1.29 is 37.3 Å². The molecule has 0 heterocycles. The highest BCUT2D eigenvalue weighted by Gasteiger charge is 2.27. The molecule has 0 aliphatic heterocycles. The first kappa shape index (κ1) is 78.2. The van der Waals surface area contributed by atoms with Crippen LogP contribution in [-0.2, 0) is 27.9 Å². The van der Waals surface area contributed by atoms with Gasteiger partial charge in [0.2, 0.25) is 5.91 Å². The molecule has 3 unspecified atom stereocenters. The summed E-state index contributed by atoms with van der Waals surface area (Å²) in [6.07, 6.45) is 79.8. The third-order valence-corrected chi connectivity index (χ3v) is 15.8. The second-order valence-electron chi connectivity index (χ2n) is 24.0. The summed E-state index contributed by atoms with van der Waals surface area (Å²) in [4.78, 5) is 40.1. The van der Waals surface area contributed by atoms with Crippen LogP contribution >= 0.6 is 7.82 Å². The fourth-order valence-corrected chi connectivity index (χ4v) is 10.3. The molecule has 0 spiro atoms. The largest absolute Gasteiger partial charge is 0.756 e. The molecular weight excluding hydrogens is 1020 g/mol. The summed E-state index contributed by atoms with van der Waals surface area (Å²) in [5.74, 6) is -0.559. The molecule has 10 heteroatoms. The molecule has 0 aliphatic rings. The fourth-order valence-electron chi connectivity index (χ4n) is 9.54. The van der Waals surface area contributed by atoms with Crippen molar-refractivity contribution in [2.24, 2.45) is 0 Å². The van der Waals surface area contributed by atoms with Gasteiger partial charge in [0.05, 0.1) is 33.8 Å². The Morgan fingerprint density at radius 3 is 1.15 bits per heavy atom. The van der Waals surface area contributed by atoms with Crippen molar-refractivity contribution in [2.75, 3.05) is 40.9 Å². The molecule has 81 heavy (non-hydrogen) atoms. The molecule has 0 aromatic heterocycles. The number of carbonyl (C=O) groups is 2. The normalized spacial score (nSPS) is 14.1. The van der Waals surface area contributed by atoms with Crippen LogP contribution in [0.3, 0.4) is 0 Å². The van der Waals surface area contributed by atoms with Crippen molar-refractivity contribution in [3.63, 3.8) is 0 Å². The van der Waals surface area contributed by atoms with E-state index in [0.717, 1.165) is 96.3 Å². The number of carbonyl (C=O) groups excluding carboxylic acids is 2. The van der Waals surface area contributed by atoms with Gasteiger partial charge in [0, 0.05) is 12.8 Å². The van der Waals surface area contributed by atoms with Crippen LogP contribution in [0.5, 0.6) is 0 Å². The lowest BCUT2D eigenvalue weighted by Crippen LogP contribution is -2.47. The molecule has 1 N–H and O–H groups in total. The maximum atomic E-state index is 13.6. The number of nitrogens with one attached hydrogen (secondary N) is 1. The third-order valence-electron chi connectivity index (χ3n) is 14.8. The number of phosphoric ester groups is 1. The zero-order valence-corrected chi connectivity index (χ0v) is 54.6. The van der Waals surface area contributed by atoms with Crippen LogP contribution in [0.15, 0.2) is 85.1 Å². The molecule has 1 amide bonds. The summed E-state index contributed by atoms with van der Waals surface area (Å²) in [5, 5.41) is 3.03. The molecular formula is C71H129N2O7P. The maximum Gasteiger partial charge on any atom is 0.306 e. The van der Waals surface area contributed by atoms with E-state index in [-0.39, 0.29) is 24.9 Å². The highest BCUT2D eigenvalue weighted by molar-refractivity contribution is 7.45. The van der Waals surface area contributed by atoms with Gasteiger partial charge in [-0.05, 0) is 109 Å². The van der Waals surface area contributed by atoms with Crippen molar-refractivity contribution in [2.45, 2.75) is 315 Å². The molecule has 0 fully saturated rings. The van der Waals surface area contributed by atoms with E-state index in [1.807, 2.05) is 33.3 Å². The molecule has 0 rings (SSSR count). The van der Waals surface area contributed by atoms with Crippen molar-refractivity contribution in [3.8, 4) is 0 Å². The van der Waals surface area contributed by atoms with E-state index in [4.69, 9.17) is 13.8 Å². The van der Waals surface area contributed by atoms with Crippen LogP contribution < -0.4 is 10.2 Å². The van der Waals surface area contributed by atoms with Crippen LogP contribution in [-0.4, -0.2) is 69.4 Å². The number of likely N-dealkylation sites (N-methyl/N-ethyl adjacent to an activating group) is 1. The van der Waals surface area contributed by atoms with E-state index < -0.39 is 26.6 Å². The van der Waals surface area contributed by atoms with E-state index in [9.17, 15) is 19.0 Å². The molecule has 0 bridgehead atoms. The van der Waals surface area contributed by atoms with Gasteiger partial charge in [0.25, 0.3) is 7.82 Å². The topological polar surface area (TPSA) is 114 Å². The van der Waals surface area contributed by atoms with Gasteiger partial charge in [-0.1, -0.05) is 267 Å². The first-order valence-corrected chi connectivity index (χ1v) is 35.4. The zero-order valence-electron chi connectivity index (χ0n) is 53.7. The molecule has 3 atom stereocenters. The van der Waals surface area contributed by atoms with Gasteiger partial charge in [-0.2, -0.15) is 0 Å². The predicted molar refractivity (Wildman–Crippen MR) is 348 cm³/mol. The number of rotatable bonds is 61. The smallest absolute Gasteiger partial charge is 0.306 e. The van der Waals surface area contributed by atoms with Gasteiger partial charge in [-0.3, -0.25) is 14.2 Å². The summed E-state index contributed by atoms with van der Waals surface area (Å²) in [7, 11) is 1.17. The van der Waals surface area contributed by atoms with Gasteiger partial charge in [0.15, 0.2) is 0 Å². The second-order valence-corrected chi connectivity index (χ2v) is 25.4. The molecule has 0 saturated heterocycles. The molecule has 0 aromatic carbocycles. The number of hydrogen-bond acceptors (Lipinski definition) is 7. The Morgan fingerprint density at radius 1 is 0.432 bits per heavy atom. The summed E-state index contributed by atoms with van der Waals surface area (Å²) in [6, 6.07) is -0.902. The molecule has 470 valence electrons. The first-order valence-electron chi connectivity index (χ1n) is 33.9. The number of esters is 1. The van der Waals surface area contributed by atoms with Crippen molar-refractivity contribution in [3.05, 3.63) is 85.1 Å². The second kappa shape index (κ2) is 60.3. The zero-order chi connectivity index (χ0) is 59.3. The Balaban J connectivity index is 5.13. The van der Waals surface area contributed by atoms with E-state index >= 15 is 0 Å². The lowest BCUT2D eigenvalue weighted by Gasteiger charge is -2.30. The Hall–Kier alpha value is -2.81. The molecule has 0 aliphatic carbocycles. The summed E-state index contributed by atoms with van der Waals surface area (Å²) in [6.45, 7) is 6.79. The third kappa shape index (κ3) is 61.6. The van der Waals surface area contributed by atoms with Gasteiger partial charge in [0.1, 0.15) is 19.3 Å². The van der Waals surface area contributed by atoms with Crippen LogP contribution in [0.4, 0.5) is 0 Å². The quantitative estimate of drug-likeness (QED) is 0.0212. The lowest BCUT2D eigenvalue weighted by atomic mass is 10.0. The number of nitrogens with zero attached hydrogens (tertiary/aromatic N) is 1. The van der Waals surface area contributed by atoms with Crippen molar-refractivity contribution in [1.29, 1.82) is 0 Å². The molecule has 9 nitrogen and oxygen atoms in total. The number of amides is 1. The van der Waals surface area contributed by atoms with Gasteiger partial charge in [-0.15, -0.1) is 0 Å². The van der Waals surface area contributed by atoms with E-state index in [1.54, 1.807) is 0 Å². The van der Waals surface area contributed by atoms with Gasteiger partial charge >= 0.3 is 5.97 Å². The number of quaternary nitrogens is 1. The van der Waals surface area contributed by atoms with Gasteiger partial charge in [-0.25, -0.2) is 0 Å². The van der Waals surface area contributed by atoms with E-state index in [0.29, 0.717) is 23.9 Å². The number of allylic oxidation sites excluding steroid dienone is 13. The SMILES string of the molecule is CCCCC/C=C\C/C=C\C/C=C\C/C=C\CCCCCCCC(=O)NC(COP(=O)([O-])OCC[N+](C)(C)C)C(/C=C/CCCCCCCCCCC)OC(=O)CCCCCCCCCCCCCCC/C=C\C/C=C\CCCCC. The van der Waals surface area contributed by atoms with Crippen LogP contribution in [0, 0.1) is 0 Å². The summed E-state index contributed by atoms with van der Waals surface area (Å²) >= 11 is 0. The predicted octanol–water partition coefficient (Wildman–Crippen LogP) is 20.7. The minimum Gasteiger partial charge on any atom is -0.756 e. The van der Waals surface area contributed by atoms with Crippen LogP contribution in [0.1, 0.15) is 303 Å². The van der Waals surface area contributed by atoms with Crippen molar-refractivity contribution in [1.82, 2.24) is 5.32 Å². The Bertz CT molecular complexity index is 1660. The minimum absolute atomic E-state index is 0.0291. The van der Waals surface area contributed by atoms with Crippen LogP contribution in [0.25, 0.3) is 0 Å². The molecule has 0 saturated carbocycles. The summed E-state index contributed by atoms with van der Waals surface area (Å²) < 4.78 is 30.4. The molecule has 0 aromatic rings. The summed E-state index contributed by atoms with van der Waals surface area (Å²) in [5.41, 5.74) is 0. The molecule has 0 radical (unpaired) electrons. The highest BCUT2D eigenvalue weighted by Crippen LogP contribution is 2.38. The monoisotopic (exact) mass is 1150 g/mol. The fraction of sp³-hybridized carbons (Fsp3) is 0.775. The number of ether oxygens (including phenoxy) is 1. The Labute approximate surface area is 501 Å². The van der Waals surface area contributed by atoms with Crippen molar-refractivity contribution >= 4 is 19.7 Å². The first-order chi connectivity index (χ1) is 39.4. The highest BCUT2D eigenvalue weighted by atomic mass is 31.2. The number of hydrogen-bond donors (Lipinski definition) is 1. The van der Waals surface area contributed by atoms with Gasteiger partial charge < -0.3 is 28.5 Å². The average Bonchev–Trinajstić information content (AvgIpc) is 3.44. The minimum atomic E-state index is -4.71. The van der Waals surface area contributed by atoms with Crippen LogP contribution in [0.2, 0.25) is 0 Å².